The van der Waals surface area contributed by atoms with Crippen molar-refractivity contribution >= 4 is 5.78 Å². The van der Waals surface area contributed by atoms with Crippen LogP contribution in [0, 0.1) is 0 Å². The minimum absolute atomic E-state index is 0.0158. The topological polar surface area (TPSA) is 46.5 Å². The molecule has 0 atom stereocenters. The molecule has 0 fully saturated rings. The van der Waals surface area contributed by atoms with Crippen LogP contribution in [0.25, 0.3) is 0 Å². The van der Waals surface area contributed by atoms with E-state index in [1.807, 2.05) is 0 Å². The maximum atomic E-state index is 11.1. The molecular weight excluding hydrogens is 168 g/mol. The van der Waals surface area contributed by atoms with Crippen LogP contribution in [0.2, 0.25) is 0 Å². The molecular formula is C10H12O3. The highest BCUT2D eigenvalue weighted by molar-refractivity contribution is 5.98. The Hall–Kier alpha value is -1.35. The Bertz CT molecular complexity index is 318. The summed E-state index contributed by atoms with van der Waals surface area (Å²) in [7, 11) is 1.55. The highest BCUT2D eigenvalue weighted by Gasteiger charge is 2.11. The molecule has 70 valence electrons. The lowest BCUT2D eigenvalue weighted by atomic mass is 10.0. The van der Waals surface area contributed by atoms with Gasteiger partial charge in [0.05, 0.1) is 12.2 Å². The fourth-order valence-corrected chi connectivity index (χ4v) is 1.27. The van der Waals surface area contributed by atoms with Crippen LogP contribution in [0.15, 0.2) is 18.2 Å². The first-order valence-electron chi connectivity index (χ1n) is 3.97. The molecule has 0 aliphatic carbocycles. The summed E-state index contributed by atoms with van der Waals surface area (Å²) in [6, 6.07) is 4.95. The molecule has 1 aromatic carbocycles. The average molecular weight is 180 g/mol. The molecule has 1 rings (SSSR count). The van der Waals surface area contributed by atoms with Crippen molar-refractivity contribution in [2.24, 2.45) is 0 Å². The van der Waals surface area contributed by atoms with Gasteiger partial charge in [-0.3, -0.25) is 4.79 Å². The molecule has 0 saturated heterocycles. The number of methoxy groups -OCH3 is 1. The fraction of sp³-hybridized carbons (Fsp3) is 0.300. The maximum Gasteiger partial charge on any atom is 0.163 e. The third kappa shape index (κ3) is 2.06. The fourth-order valence-electron chi connectivity index (χ4n) is 1.27. The van der Waals surface area contributed by atoms with E-state index in [9.17, 15) is 9.90 Å². The summed E-state index contributed by atoms with van der Waals surface area (Å²) in [5.41, 5.74) is 1.07. The van der Waals surface area contributed by atoms with E-state index >= 15 is 0 Å². The molecule has 0 aliphatic heterocycles. The SMILES string of the molecule is COCc1cccc(O)c1C(C)=O. The van der Waals surface area contributed by atoms with E-state index < -0.39 is 0 Å². The molecule has 0 bridgehead atoms. The van der Waals surface area contributed by atoms with Crippen LogP contribution in [0.4, 0.5) is 0 Å². The van der Waals surface area contributed by atoms with E-state index in [0.717, 1.165) is 5.56 Å². The van der Waals surface area contributed by atoms with Gasteiger partial charge in [0.1, 0.15) is 5.75 Å². The summed E-state index contributed by atoms with van der Waals surface area (Å²) < 4.78 is 4.91. The van der Waals surface area contributed by atoms with Crippen LogP contribution in [0.5, 0.6) is 5.75 Å². The Morgan fingerprint density at radius 3 is 2.77 bits per heavy atom. The average Bonchev–Trinajstić information content (AvgIpc) is 2.04. The third-order valence-electron chi connectivity index (χ3n) is 1.78. The Balaban J connectivity index is 3.17. The van der Waals surface area contributed by atoms with Crippen molar-refractivity contribution in [1.29, 1.82) is 0 Å². The molecule has 0 aromatic heterocycles. The summed E-state index contributed by atoms with van der Waals surface area (Å²) in [6.07, 6.45) is 0. The van der Waals surface area contributed by atoms with Gasteiger partial charge in [0.25, 0.3) is 0 Å². The van der Waals surface area contributed by atoms with Gasteiger partial charge in [-0.2, -0.15) is 0 Å². The van der Waals surface area contributed by atoms with Gasteiger partial charge < -0.3 is 9.84 Å². The van der Waals surface area contributed by atoms with Gasteiger partial charge in [-0.15, -0.1) is 0 Å². The zero-order valence-electron chi connectivity index (χ0n) is 7.70. The number of Topliss-reactive ketones (excluding diaryl/α,β-unsaturated/α-hetero) is 1. The summed E-state index contributed by atoms with van der Waals surface area (Å²) in [5, 5.41) is 9.41. The van der Waals surface area contributed by atoms with Gasteiger partial charge in [0.15, 0.2) is 5.78 Å². The molecule has 0 unspecified atom stereocenters. The Morgan fingerprint density at radius 2 is 2.23 bits per heavy atom. The van der Waals surface area contributed by atoms with Crippen molar-refractivity contribution in [3.8, 4) is 5.75 Å². The summed E-state index contributed by atoms with van der Waals surface area (Å²) in [5.74, 6) is -0.132. The third-order valence-corrected chi connectivity index (χ3v) is 1.78. The molecule has 1 N–H and O–H groups in total. The minimum atomic E-state index is -0.148. The number of rotatable bonds is 3. The molecule has 0 amide bonds. The Labute approximate surface area is 77.0 Å². The van der Waals surface area contributed by atoms with Gasteiger partial charge in [0.2, 0.25) is 0 Å². The predicted molar refractivity (Wildman–Crippen MR) is 48.8 cm³/mol. The highest BCUT2D eigenvalue weighted by atomic mass is 16.5. The lowest BCUT2D eigenvalue weighted by Crippen LogP contribution is -2.00. The van der Waals surface area contributed by atoms with Crippen LogP contribution in [0.1, 0.15) is 22.8 Å². The molecule has 0 spiro atoms. The molecule has 0 saturated carbocycles. The molecule has 3 heteroatoms. The van der Waals surface area contributed by atoms with Crippen LogP contribution >= 0.6 is 0 Å². The van der Waals surface area contributed by atoms with Crippen molar-refractivity contribution in [3.63, 3.8) is 0 Å². The van der Waals surface area contributed by atoms with E-state index in [1.54, 1.807) is 19.2 Å². The lowest BCUT2D eigenvalue weighted by molar-refractivity contribution is 0.101. The molecule has 1 aromatic rings. The monoisotopic (exact) mass is 180 g/mol. The second kappa shape index (κ2) is 4.05. The predicted octanol–water partition coefficient (Wildman–Crippen LogP) is 1.74. The molecule has 0 radical (unpaired) electrons. The van der Waals surface area contributed by atoms with Gasteiger partial charge in [0, 0.05) is 7.11 Å². The van der Waals surface area contributed by atoms with E-state index in [1.165, 1.54) is 13.0 Å². The van der Waals surface area contributed by atoms with Crippen molar-refractivity contribution < 1.29 is 14.6 Å². The standard InChI is InChI=1S/C10H12O3/c1-7(11)10-8(6-13-2)4-3-5-9(10)12/h3-5,12H,6H2,1-2H3. The van der Waals surface area contributed by atoms with Crippen LogP contribution in [-0.4, -0.2) is 18.0 Å². The largest absolute Gasteiger partial charge is 0.507 e. The number of benzene rings is 1. The molecule has 0 heterocycles. The minimum Gasteiger partial charge on any atom is -0.507 e. The van der Waals surface area contributed by atoms with Gasteiger partial charge in [-0.05, 0) is 18.6 Å². The number of carbonyl (C=O) groups is 1. The van der Waals surface area contributed by atoms with E-state index in [4.69, 9.17) is 4.74 Å². The number of phenolic OH excluding ortho intramolecular Hbond substituents is 1. The van der Waals surface area contributed by atoms with Gasteiger partial charge >= 0.3 is 0 Å². The number of hydrogen-bond acceptors (Lipinski definition) is 3. The van der Waals surface area contributed by atoms with Crippen molar-refractivity contribution in [2.45, 2.75) is 13.5 Å². The van der Waals surface area contributed by atoms with Crippen molar-refractivity contribution in [1.82, 2.24) is 0 Å². The number of carbonyl (C=O) groups excluding carboxylic acids is 1. The smallest absolute Gasteiger partial charge is 0.163 e. The number of hydrogen-bond donors (Lipinski definition) is 1. The number of ether oxygens (including phenoxy) is 1. The van der Waals surface area contributed by atoms with E-state index in [-0.39, 0.29) is 11.5 Å². The van der Waals surface area contributed by atoms with Crippen LogP contribution in [-0.2, 0) is 11.3 Å². The molecule has 3 nitrogen and oxygen atoms in total. The van der Waals surface area contributed by atoms with Crippen molar-refractivity contribution in [3.05, 3.63) is 29.3 Å². The van der Waals surface area contributed by atoms with E-state index in [2.05, 4.69) is 0 Å². The Morgan fingerprint density at radius 1 is 1.54 bits per heavy atom. The van der Waals surface area contributed by atoms with Gasteiger partial charge in [-0.1, -0.05) is 12.1 Å². The maximum absolute atomic E-state index is 11.1. The van der Waals surface area contributed by atoms with Crippen LogP contribution < -0.4 is 0 Å². The Kier molecular flexibility index (Phi) is 3.03. The molecule has 0 aliphatic rings. The summed E-state index contributed by atoms with van der Waals surface area (Å²) in [4.78, 5) is 11.1. The highest BCUT2D eigenvalue weighted by Crippen LogP contribution is 2.21. The first-order chi connectivity index (χ1) is 6.16. The molecule has 13 heavy (non-hydrogen) atoms. The van der Waals surface area contributed by atoms with Gasteiger partial charge in [-0.25, -0.2) is 0 Å². The zero-order chi connectivity index (χ0) is 9.84. The lowest BCUT2D eigenvalue weighted by Gasteiger charge is -2.07. The number of ketones is 1. The zero-order valence-corrected chi connectivity index (χ0v) is 7.70. The number of phenols is 1. The second-order valence-electron chi connectivity index (χ2n) is 2.80. The second-order valence-corrected chi connectivity index (χ2v) is 2.80. The first kappa shape index (κ1) is 9.74. The summed E-state index contributed by atoms with van der Waals surface area (Å²) in [6.45, 7) is 1.76. The first-order valence-corrected chi connectivity index (χ1v) is 3.97. The normalized spacial score (nSPS) is 10.0. The van der Waals surface area contributed by atoms with Crippen molar-refractivity contribution in [2.75, 3.05) is 7.11 Å². The number of aromatic hydroxyl groups is 1. The quantitative estimate of drug-likeness (QED) is 0.721. The summed E-state index contributed by atoms with van der Waals surface area (Å²) >= 11 is 0. The van der Waals surface area contributed by atoms with Crippen LogP contribution in [0.3, 0.4) is 0 Å². The van der Waals surface area contributed by atoms with E-state index in [0.29, 0.717) is 12.2 Å².